The number of carbonyl (C=O) groups is 3. The van der Waals surface area contributed by atoms with Crippen molar-refractivity contribution in [2.45, 2.75) is 96.6 Å². The fourth-order valence-corrected chi connectivity index (χ4v) is 2.60. The van der Waals surface area contributed by atoms with Crippen molar-refractivity contribution >= 4 is 17.9 Å². The van der Waals surface area contributed by atoms with Gasteiger partial charge in [-0.25, -0.2) is 4.79 Å². The van der Waals surface area contributed by atoms with Crippen LogP contribution in [0.1, 0.15) is 85.0 Å². The zero-order valence-electron chi connectivity index (χ0n) is 17.8. The molecule has 0 aromatic heterocycles. The van der Waals surface area contributed by atoms with E-state index in [-0.39, 0.29) is 18.4 Å². The predicted octanol–water partition coefficient (Wildman–Crippen LogP) is 2.77. The van der Waals surface area contributed by atoms with Crippen molar-refractivity contribution in [1.82, 2.24) is 5.32 Å². The van der Waals surface area contributed by atoms with Crippen molar-refractivity contribution < 1.29 is 23.9 Å². The van der Waals surface area contributed by atoms with E-state index in [4.69, 9.17) is 20.9 Å². The monoisotopic (exact) mass is 401 g/mol. The molecule has 0 radical (unpaired) electrons. The number of hydrogen-bond donors (Lipinski definition) is 3. The SMILES string of the molecule is CC(C)(C)OC(=O)N[C@@H](CCC(N)=O)COCCCCCCCCCC(N)=O. The summed E-state index contributed by atoms with van der Waals surface area (Å²) in [4.78, 5) is 33.5. The van der Waals surface area contributed by atoms with Gasteiger partial charge in [0.05, 0.1) is 12.6 Å². The molecule has 0 rings (SSSR count). The van der Waals surface area contributed by atoms with Crippen molar-refractivity contribution in [2.24, 2.45) is 11.5 Å². The number of carbonyl (C=O) groups excluding carboxylic acids is 3. The van der Waals surface area contributed by atoms with Crippen molar-refractivity contribution in [2.75, 3.05) is 13.2 Å². The van der Waals surface area contributed by atoms with Crippen LogP contribution in [0.4, 0.5) is 4.79 Å². The number of alkyl carbamates (subject to hydrolysis) is 1. The Kier molecular flexibility index (Phi) is 14.1. The van der Waals surface area contributed by atoms with Crippen LogP contribution in [0.25, 0.3) is 0 Å². The lowest BCUT2D eigenvalue weighted by Gasteiger charge is -2.23. The van der Waals surface area contributed by atoms with E-state index in [2.05, 4.69) is 5.32 Å². The molecule has 0 aromatic rings. The van der Waals surface area contributed by atoms with Gasteiger partial charge in [0.15, 0.2) is 0 Å². The molecule has 164 valence electrons. The summed E-state index contributed by atoms with van der Waals surface area (Å²) in [6, 6.07) is -0.312. The molecule has 0 saturated heterocycles. The van der Waals surface area contributed by atoms with Gasteiger partial charge in [0.2, 0.25) is 11.8 Å². The number of rotatable bonds is 16. The van der Waals surface area contributed by atoms with Gasteiger partial charge in [-0.3, -0.25) is 9.59 Å². The van der Waals surface area contributed by atoms with Gasteiger partial charge in [0, 0.05) is 19.4 Å². The molecular formula is C20H39N3O5. The maximum absolute atomic E-state index is 11.9. The number of primary amides is 2. The van der Waals surface area contributed by atoms with E-state index in [1.54, 1.807) is 20.8 Å². The molecule has 3 amide bonds. The summed E-state index contributed by atoms with van der Waals surface area (Å²) < 4.78 is 10.9. The number of unbranched alkanes of at least 4 members (excludes halogenated alkanes) is 6. The molecule has 28 heavy (non-hydrogen) atoms. The molecule has 0 aromatic carbocycles. The largest absolute Gasteiger partial charge is 0.444 e. The summed E-state index contributed by atoms with van der Waals surface area (Å²) in [5.74, 6) is -0.640. The van der Waals surface area contributed by atoms with Crippen LogP contribution in [-0.4, -0.2) is 42.8 Å². The molecule has 0 heterocycles. The molecule has 0 saturated carbocycles. The zero-order valence-corrected chi connectivity index (χ0v) is 17.8. The molecule has 0 fully saturated rings. The van der Waals surface area contributed by atoms with Crippen LogP contribution in [0.3, 0.4) is 0 Å². The zero-order chi connectivity index (χ0) is 21.4. The lowest BCUT2D eigenvalue weighted by molar-refractivity contribution is -0.119. The van der Waals surface area contributed by atoms with Gasteiger partial charge < -0.3 is 26.3 Å². The maximum atomic E-state index is 11.9. The third-order valence-electron chi connectivity index (χ3n) is 3.99. The molecule has 0 aliphatic rings. The van der Waals surface area contributed by atoms with E-state index >= 15 is 0 Å². The van der Waals surface area contributed by atoms with Crippen molar-refractivity contribution in [3.63, 3.8) is 0 Å². The van der Waals surface area contributed by atoms with Crippen LogP contribution in [0.15, 0.2) is 0 Å². The number of amides is 3. The van der Waals surface area contributed by atoms with Crippen LogP contribution in [0.5, 0.6) is 0 Å². The van der Waals surface area contributed by atoms with Crippen LogP contribution in [0, 0.1) is 0 Å². The second-order valence-electron chi connectivity index (χ2n) is 8.11. The van der Waals surface area contributed by atoms with E-state index < -0.39 is 17.6 Å². The molecule has 8 heteroatoms. The standard InChI is InChI=1S/C20H39N3O5/c1-20(2,3)28-19(26)23-16(12-13-18(22)25)15-27-14-10-8-6-4-5-7-9-11-17(21)24/h16H,4-15H2,1-3H3,(H2,21,24)(H2,22,25)(H,23,26)/t16-/m0/s1. The van der Waals surface area contributed by atoms with Gasteiger partial charge in [0.1, 0.15) is 5.60 Å². The van der Waals surface area contributed by atoms with Crippen LogP contribution >= 0.6 is 0 Å². The summed E-state index contributed by atoms with van der Waals surface area (Å²) in [6.45, 7) is 6.29. The normalized spacial score (nSPS) is 12.4. The summed E-state index contributed by atoms with van der Waals surface area (Å²) >= 11 is 0. The molecular weight excluding hydrogens is 362 g/mol. The van der Waals surface area contributed by atoms with Gasteiger partial charge in [-0.1, -0.05) is 32.1 Å². The molecule has 5 N–H and O–H groups in total. The Morgan fingerprint density at radius 2 is 1.39 bits per heavy atom. The minimum atomic E-state index is -0.584. The van der Waals surface area contributed by atoms with Crippen molar-refractivity contribution in [1.29, 1.82) is 0 Å². The van der Waals surface area contributed by atoms with Gasteiger partial charge in [-0.05, 0) is 40.0 Å². The van der Waals surface area contributed by atoms with Crippen molar-refractivity contribution in [3.8, 4) is 0 Å². The van der Waals surface area contributed by atoms with Crippen LogP contribution < -0.4 is 16.8 Å². The molecule has 0 aliphatic heterocycles. The third-order valence-corrected chi connectivity index (χ3v) is 3.99. The lowest BCUT2D eigenvalue weighted by Crippen LogP contribution is -2.42. The fraction of sp³-hybridized carbons (Fsp3) is 0.850. The van der Waals surface area contributed by atoms with E-state index in [1.165, 1.54) is 0 Å². The first-order valence-corrected chi connectivity index (χ1v) is 10.2. The minimum absolute atomic E-state index is 0.180. The Morgan fingerprint density at radius 1 is 0.857 bits per heavy atom. The summed E-state index contributed by atoms with van der Waals surface area (Å²) in [5, 5.41) is 2.74. The highest BCUT2D eigenvalue weighted by Crippen LogP contribution is 2.10. The second kappa shape index (κ2) is 15.1. The average Bonchev–Trinajstić information content (AvgIpc) is 2.55. The topological polar surface area (TPSA) is 134 Å². The van der Waals surface area contributed by atoms with Gasteiger partial charge in [-0.15, -0.1) is 0 Å². The Labute approximate surface area is 169 Å². The summed E-state index contributed by atoms with van der Waals surface area (Å²) in [7, 11) is 0. The third kappa shape index (κ3) is 18.9. The lowest BCUT2D eigenvalue weighted by atomic mass is 10.1. The quantitative estimate of drug-likeness (QED) is 0.342. The number of ether oxygens (including phenoxy) is 2. The van der Waals surface area contributed by atoms with Gasteiger partial charge in [0.25, 0.3) is 0 Å². The van der Waals surface area contributed by atoms with Gasteiger partial charge in [-0.2, -0.15) is 0 Å². The maximum Gasteiger partial charge on any atom is 0.407 e. The highest BCUT2D eigenvalue weighted by molar-refractivity contribution is 5.74. The van der Waals surface area contributed by atoms with Gasteiger partial charge >= 0.3 is 6.09 Å². The highest BCUT2D eigenvalue weighted by Gasteiger charge is 2.20. The number of nitrogens with one attached hydrogen (secondary N) is 1. The van der Waals surface area contributed by atoms with E-state index in [9.17, 15) is 14.4 Å². The predicted molar refractivity (Wildman–Crippen MR) is 109 cm³/mol. The van der Waals surface area contributed by atoms with Crippen molar-refractivity contribution in [3.05, 3.63) is 0 Å². The number of nitrogens with two attached hydrogens (primary N) is 2. The molecule has 1 atom stereocenters. The molecule has 0 aliphatic carbocycles. The Balaban J connectivity index is 3.87. The van der Waals surface area contributed by atoms with Crippen LogP contribution in [-0.2, 0) is 19.1 Å². The highest BCUT2D eigenvalue weighted by atomic mass is 16.6. The molecule has 8 nitrogen and oxygen atoms in total. The minimum Gasteiger partial charge on any atom is -0.444 e. The van der Waals surface area contributed by atoms with E-state index in [0.29, 0.717) is 26.1 Å². The Hall–Kier alpha value is -1.83. The van der Waals surface area contributed by atoms with E-state index in [0.717, 1.165) is 44.9 Å². The Morgan fingerprint density at radius 3 is 1.93 bits per heavy atom. The first-order valence-electron chi connectivity index (χ1n) is 10.2. The summed E-state index contributed by atoms with van der Waals surface area (Å²) in [5.41, 5.74) is 9.71. The summed E-state index contributed by atoms with van der Waals surface area (Å²) in [6.07, 6.45) is 7.85. The smallest absolute Gasteiger partial charge is 0.407 e. The number of hydrogen-bond acceptors (Lipinski definition) is 5. The fourth-order valence-electron chi connectivity index (χ4n) is 2.60. The van der Waals surface area contributed by atoms with E-state index in [1.807, 2.05) is 0 Å². The Bertz CT molecular complexity index is 463. The molecule has 0 bridgehead atoms. The second-order valence-corrected chi connectivity index (χ2v) is 8.11. The first kappa shape index (κ1) is 26.2. The molecule has 0 unspecified atom stereocenters. The average molecular weight is 402 g/mol. The first-order chi connectivity index (χ1) is 13.1. The van der Waals surface area contributed by atoms with Crippen LogP contribution in [0.2, 0.25) is 0 Å². The molecule has 0 spiro atoms.